The van der Waals surface area contributed by atoms with Crippen LogP contribution in [0.3, 0.4) is 0 Å². The second-order valence-electron chi connectivity index (χ2n) is 5.66. The molecule has 0 radical (unpaired) electrons. The lowest BCUT2D eigenvalue weighted by Crippen LogP contribution is -2.18. The van der Waals surface area contributed by atoms with Crippen LogP contribution < -0.4 is 10.3 Å². The summed E-state index contributed by atoms with van der Waals surface area (Å²) >= 11 is 0. The molecule has 0 aliphatic carbocycles. The van der Waals surface area contributed by atoms with Crippen molar-refractivity contribution in [1.82, 2.24) is 15.0 Å². The van der Waals surface area contributed by atoms with E-state index < -0.39 is 0 Å². The van der Waals surface area contributed by atoms with Gasteiger partial charge < -0.3 is 9.47 Å². The van der Waals surface area contributed by atoms with Gasteiger partial charge in [-0.05, 0) is 36.4 Å². The number of hydrogen-bond acceptors (Lipinski definition) is 4. The highest BCUT2D eigenvalue weighted by molar-refractivity contribution is 5.95. The van der Waals surface area contributed by atoms with Crippen LogP contribution in [0.4, 0.5) is 5.69 Å². The van der Waals surface area contributed by atoms with Gasteiger partial charge in [-0.25, -0.2) is 10.4 Å². The molecule has 122 valence electrons. The first-order valence-corrected chi connectivity index (χ1v) is 7.58. The topological polar surface area (TPSA) is 62.5 Å². The third kappa shape index (κ3) is 3.12. The van der Waals surface area contributed by atoms with Crippen LogP contribution in [0.2, 0.25) is 0 Å². The van der Waals surface area contributed by atoms with Gasteiger partial charge in [0.1, 0.15) is 0 Å². The Morgan fingerprint density at radius 1 is 1.17 bits per heavy atom. The quantitative estimate of drug-likeness (QED) is 0.593. The Balaban J connectivity index is 1.70. The van der Waals surface area contributed by atoms with Crippen molar-refractivity contribution in [2.75, 3.05) is 19.0 Å². The van der Waals surface area contributed by atoms with Crippen molar-refractivity contribution in [1.29, 1.82) is 0 Å². The summed E-state index contributed by atoms with van der Waals surface area (Å²) in [5.41, 5.74) is 6.04. The van der Waals surface area contributed by atoms with Gasteiger partial charge in [-0.2, -0.15) is 5.10 Å². The molecule has 1 aromatic heterocycles. The van der Waals surface area contributed by atoms with Crippen molar-refractivity contribution in [2.24, 2.45) is 12.1 Å². The van der Waals surface area contributed by atoms with Crippen molar-refractivity contribution in [3.05, 3.63) is 59.9 Å². The van der Waals surface area contributed by atoms with E-state index in [0.717, 1.165) is 16.7 Å². The zero-order valence-corrected chi connectivity index (χ0v) is 13.9. The Labute approximate surface area is 140 Å². The number of benzene rings is 2. The molecule has 0 aliphatic heterocycles. The van der Waals surface area contributed by atoms with Gasteiger partial charge in [-0.1, -0.05) is 12.1 Å². The van der Waals surface area contributed by atoms with Gasteiger partial charge in [-0.15, -0.1) is 0 Å². The fourth-order valence-electron chi connectivity index (χ4n) is 2.40. The van der Waals surface area contributed by atoms with Crippen molar-refractivity contribution in [3.63, 3.8) is 0 Å². The monoisotopic (exact) mass is 321 g/mol. The molecule has 2 aromatic carbocycles. The van der Waals surface area contributed by atoms with Gasteiger partial charge in [0.25, 0.3) is 5.91 Å². The van der Waals surface area contributed by atoms with Crippen LogP contribution in [-0.2, 0) is 7.05 Å². The van der Waals surface area contributed by atoms with E-state index in [0.29, 0.717) is 11.4 Å². The molecule has 3 rings (SSSR count). The van der Waals surface area contributed by atoms with E-state index in [9.17, 15) is 4.79 Å². The molecule has 3 aromatic rings. The highest BCUT2D eigenvalue weighted by atomic mass is 16.2. The number of anilines is 1. The van der Waals surface area contributed by atoms with Crippen LogP contribution in [-0.4, -0.2) is 35.8 Å². The molecule has 0 fully saturated rings. The maximum Gasteiger partial charge on any atom is 0.271 e. The number of imidazole rings is 1. The minimum Gasteiger partial charge on any atom is -0.378 e. The van der Waals surface area contributed by atoms with E-state index in [1.54, 1.807) is 18.3 Å². The van der Waals surface area contributed by atoms with Gasteiger partial charge in [0.05, 0.1) is 17.2 Å². The molecule has 0 aliphatic rings. The maximum absolute atomic E-state index is 12.1. The SMILES string of the molecule is CN(C)c1ccc(C(=O)NN=Cc2nc3ccccc3n2C)cc1. The Hall–Kier alpha value is -3.15. The molecule has 0 unspecified atom stereocenters. The molecule has 1 N–H and O–H groups in total. The predicted octanol–water partition coefficient (Wildman–Crippen LogP) is 2.40. The van der Waals surface area contributed by atoms with E-state index in [2.05, 4.69) is 15.5 Å². The molecule has 1 amide bonds. The highest BCUT2D eigenvalue weighted by Crippen LogP contribution is 2.13. The molecule has 1 heterocycles. The number of fused-ring (bicyclic) bond motifs is 1. The lowest BCUT2D eigenvalue weighted by Gasteiger charge is -2.12. The van der Waals surface area contributed by atoms with Crippen LogP contribution in [0.5, 0.6) is 0 Å². The summed E-state index contributed by atoms with van der Waals surface area (Å²) in [6.45, 7) is 0. The molecule has 0 spiro atoms. The van der Waals surface area contributed by atoms with Crippen LogP contribution in [0, 0.1) is 0 Å². The fourth-order valence-corrected chi connectivity index (χ4v) is 2.40. The standard InChI is InChI=1S/C18H19N5O/c1-22(2)14-10-8-13(9-11-14)18(24)21-19-12-17-20-15-6-4-5-7-16(15)23(17)3/h4-12H,1-3H3,(H,21,24). The first-order chi connectivity index (χ1) is 11.6. The number of hydrogen-bond donors (Lipinski definition) is 1. The van der Waals surface area contributed by atoms with Crippen LogP contribution in [0.1, 0.15) is 16.2 Å². The Morgan fingerprint density at radius 3 is 2.54 bits per heavy atom. The van der Waals surface area contributed by atoms with Crippen LogP contribution >= 0.6 is 0 Å². The summed E-state index contributed by atoms with van der Waals surface area (Å²) in [6, 6.07) is 15.2. The van der Waals surface area contributed by atoms with Gasteiger partial charge in [-0.3, -0.25) is 4.79 Å². The maximum atomic E-state index is 12.1. The Bertz CT molecular complexity index is 893. The Morgan fingerprint density at radius 2 is 1.88 bits per heavy atom. The second kappa shape index (κ2) is 6.54. The first kappa shape index (κ1) is 15.7. The molecule has 0 saturated carbocycles. The van der Waals surface area contributed by atoms with E-state index >= 15 is 0 Å². The number of carbonyl (C=O) groups is 1. The molecule has 0 bridgehead atoms. The third-order valence-electron chi connectivity index (χ3n) is 3.81. The summed E-state index contributed by atoms with van der Waals surface area (Å²) in [6.07, 6.45) is 1.55. The molecular weight excluding hydrogens is 302 g/mol. The number of hydrazone groups is 1. The zero-order valence-electron chi connectivity index (χ0n) is 13.9. The average molecular weight is 321 g/mol. The molecule has 6 nitrogen and oxygen atoms in total. The number of aromatic nitrogens is 2. The zero-order chi connectivity index (χ0) is 17.1. The van der Waals surface area contributed by atoms with E-state index in [-0.39, 0.29) is 5.91 Å². The number of para-hydroxylation sites is 2. The fraction of sp³-hybridized carbons (Fsp3) is 0.167. The minimum atomic E-state index is -0.254. The smallest absolute Gasteiger partial charge is 0.271 e. The Kier molecular flexibility index (Phi) is 4.29. The number of carbonyl (C=O) groups excluding carboxylic acids is 1. The minimum absolute atomic E-state index is 0.254. The van der Waals surface area contributed by atoms with E-state index in [1.165, 1.54) is 0 Å². The lowest BCUT2D eigenvalue weighted by atomic mass is 10.2. The predicted molar refractivity (Wildman–Crippen MR) is 96.5 cm³/mol. The van der Waals surface area contributed by atoms with Crippen molar-refractivity contribution >= 4 is 28.8 Å². The van der Waals surface area contributed by atoms with Gasteiger partial charge in [0.15, 0.2) is 5.82 Å². The average Bonchev–Trinajstić information content (AvgIpc) is 2.91. The van der Waals surface area contributed by atoms with Crippen molar-refractivity contribution < 1.29 is 4.79 Å². The van der Waals surface area contributed by atoms with Crippen molar-refractivity contribution in [2.45, 2.75) is 0 Å². The number of aryl methyl sites for hydroxylation is 1. The summed E-state index contributed by atoms with van der Waals surface area (Å²) in [5, 5.41) is 4.01. The normalized spacial score (nSPS) is 11.1. The summed E-state index contributed by atoms with van der Waals surface area (Å²) in [5.74, 6) is 0.426. The van der Waals surface area contributed by atoms with E-state index in [1.807, 2.05) is 67.0 Å². The number of nitrogens with one attached hydrogen (secondary N) is 1. The van der Waals surface area contributed by atoms with Gasteiger partial charge in [0, 0.05) is 32.4 Å². The third-order valence-corrected chi connectivity index (χ3v) is 3.81. The van der Waals surface area contributed by atoms with Gasteiger partial charge in [0.2, 0.25) is 0 Å². The van der Waals surface area contributed by atoms with Crippen LogP contribution in [0.15, 0.2) is 53.6 Å². The van der Waals surface area contributed by atoms with Crippen molar-refractivity contribution in [3.8, 4) is 0 Å². The molecule has 6 heteroatoms. The first-order valence-electron chi connectivity index (χ1n) is 7.58. The summed E-state index contributed by atoms with van der Waals surface area (Å²) in [4.78, 5) is 18.6. The number of nitrogens with zero attached hydrogens (tertiary/aromatic N) is 4. The lowest BCUT2D eigenvalue weighted by molar-refractivity contribution is 0.0955. The summed E-state index contributed by atoms with van der Waals surface area (Å²) in [7, 11) is 5.82. The number of rotatable bonds is 4. The van der Waals surface area contributed by atoms with E-state index in [4.69, 9.17) is 0 Å². The molecule has 0 saturated heterocycles. The second-order valence-corrected chi connectivity index (χ2v) is 5.66. The van der Waals surface area contributed by atoms with Gasteiger partial charge >= 0.3 is 0 Å². The van der Waals surface area contributed by atoms with Crippen LogP contribution in [0.25, 0.3) is 11.0 Å². The largest absolute Gasteiger partial charge is 0.378 e. The summed E-state index contributed by atoms with van der Waals surface area (Å²) < 4.78 is 1.93. The highest BCUT2D eigenvalue weighted by Gasteiger charge is 2.06. The molecular formula is C18H19N5O. The molecule has 0 atom stereocenters. The molecule has 24 heavy (non-hydrogen) atoms. The number of amides is 1.